The molecule has 1 unspecified atom stereocenters. The zero-order chi connectivity index (χ0) is 12.7. The molecule has 0 aromatic carbocycles. The van der Waals surface area contributed by atoms with Crippen LogP contribution in [-0.4, -0.2) is 12.6 Å². The van der Waals surface area contributed by atoms with Gasteiger partial charge in [-0.1, -0.05) is 52.2 Å². The van der Waals surface area contributed by atoms with Crippen molar-refractivity contribution in [3.05, 3.63) is 11.6 Å². The van der Waals surface area contributed by atoms with Gasteiger partial charge in [-0.15, -0.1) is 0 Å². The number of hydrogen-bond donors (Lipinski definition) is 1. The standard InChI is InChI=1S/C16H31N/c1-5-17-15(13-16(2,3)4)14-11-9-7-6-8-10-12-14/h11,15,17H,5-10,12-13H2,1-4H3. The van der Waals surface area contributed by atoms with Crippen molar-refractivity contribution in [1.29, 1.82) is 0 Å². The molecule has 17 heavy (non-hydrogen) atoms. The summed E-state index contributed by atoms with van der Waals surface area (Å²) in [4.78, 5) is 0. The average molecular weight is 237 g/mol. The molecule has 0 saturated carbocycles. The van der Waals surface area contributed by atoms with Crippen LogP contribution in [0.25, 0.3) is 0 Å². The first-order valence-corrected chi connectivity index (χ1v) is 7.45. The third-order valence-corrected chi connectivity index (χ3v) is 3.54. The summed E-state index contributed by atoms with van der Waals surface area (Å²) in [5, 5.41) is 3.69. The summed E-state index contributed by atoms with van der Waals surface area (Å²) in [6.45, 7) is 10.3. The van der Waals surface area contributed by atoms with Crippen LogP contribution in [0.1, 0.15) is 72.6 Å². The summed E-state index contributed by atoms with van der Waals surface area (Å²) in [6, 6.07) is 0.609. The van der Waals surface area contributed by atoms with Gasteiger partial charge in [0.2, 0.25) is 0 Å². The van der Waals surface area contributed by atoms with E-state index < -0.39 is 0 Å². The minimum Gasteiger partial charge on any atom is -0.311 e. The van der Waals surface area contributed by atoms with E-state index in [9.17, 15) is 0 Å². The van der Waals surface area contributed by atoms with Crippen LogP contribution < -0.4 is 5.32 Å². The molecule has 0 spiro atoms. The molecule has 100 valence electrons. The molecule has 1 heteroatoms. The lowest BCUT2D eigenvalue weighted by atomic mass is 9.83. The Morgan fingerprint density at radius 2 is 1.88 bits per heavy atom. The van der Waals surface area contributed by atoms with E-state index >= 15 is 0 Å². The second-order valence-electron chi connectivity index (χ2n) is 6.61. The predicted molar refractivity (Wildman–Crippen MR) is 77.3 cm³/mol. The minimum absolute atomic E-state index is 0.413. The number of allylic oxidation sites excluding steroid dienone is 1. The Bertz CT molecular complexity index is 234. The molecule has 1 atom stereocenters. The third kappa shape index (κ3) is 6.26. The van der Waals surface area contributed by atoms with Crippen molar-refractivity contribution < 1.29 is 0 Å². The molecule has 1 N–H and O–H groups in total. The molecule has 0 amide bonds. The maximum Gasteiger partial charge on any atom is 0.0284 e. The Hall–Kier alpha value is -0.300. The summed E-state index contributed by atoms with van der Waals surface area (Å²) in [7, 11) is 0. The van der Waals surface area contributed by atoms with Crippen molar-refractivity contribution in [1.82, 2.24) is 5.32 Å². The highest BCUT2D eigenvalue weighted by molar-refractivity contribution is 5.12. The lowest BCUT2D eigenvalue weighted by Gasteiger charge is -2.29. The van der Waals surface area contributed by atoms with Gasteiger partial charge in [-0.3, -0.25) is 0 Å². The molecule has 0 aliphatic heterocycles. The van der Waals surface area contributed by atoms with Crippen LogP contribution in [-0.2, 0) is 0 Å². The maximum absolute atomic E-state index is 3.69. The normalized spacial score (nSPS) is 20.4. The zero-order valence-electron chi connectivity index (χ0n) is 12.3. The summed E-state index contributed by atoms with van der Waals surface area (Å²) >= 11 is 0. The van der Waals surface area contributed by atoms with Gasteiger partial charge in [0.15, 0.2) is 0 Å². The fourth-order valence-corrected chi connectivity index (χ4v) is 2.73. The lowest BCUT2D eigenvalue weighted by molar-refractivity contribution is 0.325. The van der Waals surface area contributed by atoms with Crippen LogP contribution in [0.2, 0.25) is 0 Å². The number of likely N-dealkylation sites (N-methyl/N-ethyl adjacent to an activating group) is 1. The fourth-order valence-electron chi connectivity index (χ4n) is 2.73. The van der Waals surface area contributed by atoms with Gasteiger partial charge in [0.25, 0.3) is 0 Å². The highest BCUT2D eigenvalue weighted by Gasteiger charge is 2.21. The monoisotopic (exact) mass is 237 g/mol. The largest absolute Gasteiger partial charge is 0.311 e. The van der Waals surface area contributed by atoms with E-state index in [-0.39, 0.29) is 0 Å². The minimum atomic E-state index is 0.413. The van der Waals surface area contributed by atoms with E-state index in [0.717, 1.165) is 6.54 Å². The zero-order valence-corrected chi connectivity index (χ0v) is 12.3. The van der Waals surface area contributed by atoms with Gasteiger partial charge in [0.1, 0.15) is 0 Å². The second kappa shape index (κ2) is 7.20. The SMILES string of the molecule is CCNC(CC(C)(C)C)C1=CCCCCCC1. The lowest BCUT2D eigenvalue weighted by Crippen LogP contribution is -2.34. The number of rotatable bonds is 4. The Morgan fingerprint density at radius 3 is 2.53 bits per heavy atom. The molecular weight excluding hydrogens is 206 g/mol. The molecule has 1 nitrogen and oxygen atoms in total. The average Bonchev–Trinajstić information content (AvgIpc) is 2.14. The van der Waals surface area contributed by atoms with Crippen molar-refractivity contribution in [2.75, 3.05) is 6.54 Å². The van der Waals surface area contributed by atoms with E-state index in [2.05, 4.69) is 39.1 Å². The van der Waals surface area contributed by atoms with Gasteiger partial charge in [-0.25, -0.2) is 0 Å². The van der Waals surface area contributed by atoms with Crippen LogP contribution in [0.5, 0.6) is 0 Å². The molecule has 0 heterocycles. The number of hydrogen-bond acceptors (Lipinski definition) is 1. The first-order valence-electron chi connectivity index (χ1n) is 7.45. The van der Waals surface area contributed by atoms with Crippen molar-refractivity contribution >= 4 is 0 Å². The Kier molecular flexibility index (Phi) is 6.26. The van der Waals surface area contributed by atoms with Crippen LogP contribution >= 0.6 is 0 Å². The summed E-state index contributed by atoms with van der Waals surface area (Å²) in [6.07, 6.45) is 12.0. The molecule has 0 saturated heterocycles. The fraction of sp³-hybridized carbons (Fsp3) is 0.875. The van der Waals surface area contributed by atoms with E-state index in [1.54, 1.807) is 5.57 Å². The Balaban J connectivity index is 2.66. The molecule has 1 rings (SSSR count). The topological polar surface area (TPSA) is 12.0 Å². The van der Waals surface area contributed by atoms with Crippen LogP contribution in [0.15, 0.2) is 11.6 Å². The van der Waals surface area contributed by atoms with E-state index in [1.807, 2.05) is 0 Å². The van der Waals surface area contributed by atoms with Gasteiger partial charge < -0.3 is 5.32 Å². The number of nitrogens with one attached hydrogen (secondary N) is 1. The molecule has 0 bridgehead atoms. The predicted octanol–water partition coefficient (Wildman–Crippen LogP) is 4.68. The van der Waals surface area contributed by atoms with Crippen molar-refractivity contribution in [2.45, 2.75) is 78.7 Å². The molecule has 0 aromatic rings. The van der Waals surface area contributed by atoms with Crippen LogP contribution in [0.3, 0.4) is 0 Å². The third-order valence-electron chi connectivity index (χ3n) is 3.54. The van der Waals surface area contributed by atoms with Gasteiger partial charge >= 0.3 is 0 Å². The van der Waals surface area contributed by atoms with Crippen LogP contribution in [0, 0.1) is 5.41 Å². The first kappa shape index (κ1) is 14.8. The molecule has 0 aromatic heterocycles. The van der Waals surface area contributed by atoms with Crippen molar-refractivity contribution in [3.63, 3.8) is 0 Å². The molecular formula is C16H31N. The molecule has 0 radical (unpaired) electrons. The molecule has 1 aliphatic carbocycles. The maximum atomic E-state index is 3.69. The highest BCUT2D eigenvalue weighted by Crippen LogP contribution is 2.28. The molecule has 0 fully saturated rings. The van der Waals surface area contributed by atoms with Gasteiger partial charge in [0.05, 0.1) is 0 Å². The second-order valence-corrected chi connectivity index (χ2v) is 6.61. The van der Waals surface area contributed by atoms with Crippen LogP contribution in [0.4, 0.5) is 0 Å². The smallest absolute Gasteiger partial charge is 0.0284 e. The van der Waals surface area contributed by atoms with Gasteiger partial charge in [-0.2, -0.15) is 0 Å². The van der Waals surface area contributed by atoms with E-state index in [1.165, 1.54) is 44.9 Å². The van der Waals surface area contributed by atoms with Crippen molar-refractivity contribution in [2.24, 2.45) is 5.41 Å². The van der Waals surface area contributed by atoms with Gasteiger partial charge in [-0.05, 0) is 44.1 Å². The van der Waals surface area contributed by atoms with Crippen molar-refractivity contribution in [3.8, 4) is 0 Å². The molecule has 1 aliphatic rings. The Labute approximate surface area is 108 Å². The van der Waals surface area contributed by atoms with E-state index in [0.29, 0.717) is 11.5 Å². The summed E-state index contributed by atoms with van der Waals surface area (Å²) in [5.74, 6) is 0. The first-order chi connectivity index (χ1) is 8.03. The Morgan fingerprint density at radius 1 is 1.18 bits per heavy atom. The summed E-state index contributed by atoms with van der Waals surface area (Å²) in [5.41, 5.74) is 2.09. The highest BCUT2D eigenvalue weighted by atomic mass is 14.9. The van der Waals surface area contributed by atoms with Gasteiger partial charge in [0, 0.05) is 6.04 Å². The summed E-state index contributed by atoms with van der Waals surface area (Å²) < 4.78 is 0. The van der Waals surface area contributed by atoms with E-state index in [4.69, 9.17) is 0 Å². The quantitative estimate of drug-likeness (QED) is 0.700.